The molecule has 6 nitrogen and oxygen atoms in total. The molecule has 0 unspecified atom stereocenters. The van der Waals surface area contributed by atoms with Gasteiger partial charge in [-0.05, 0) is 53.1 Å². The average molecular weight is 449 g/mol. The van der Waals surface area contributed by atoms with Gasteiger partial charge in [-0.3, -0.25) is 9.59 Å². The molecule has 0 fully saturated rings. The maximum absolute atomic E-state index is 12.6. The molecule has 0 saturated heterocycles. The molecule has 0 N–H and O–H groups in total. The van der Waals surface area contributed by atoms with E-state index >= 15 is 0 Å². The summed E-state index contributed by atoms with van der Waals surface area (Å²) in [7, 11) is 3.07. The van der Waals surface area contributed by atoms with E-state index in [1.165, 1.54) is 20.3 Å². The molecule has 2 aromatic carbocycles. The Morgan fingerprint density at radius 2 is 1.24 bits per heavy atom. The van der Waals surface area contributed by atoms with Crippen molar-refractivity contribution in [1.29, 1.82) is 0 Å². The van der Waals surface area contributed by atoms with Crippen LogP contribution in [-0.4, -0.2) is 39.0 Å². The summed E-state index contributed by atoms with van der Waals surface area (Å²) in [5, 5.41) is 0. The molecule has 0 bridgehead atoms. The first-order chi connectivity index (χ1) is 16.0. The van der Waals surface area contributed by atoms with E-state index in [4.69, 9.17) is 18.9 Å². The first-order valence-corrected chi connectivity index (χ1v) is 10.2. The van der Waals surface area contributed by atoms with Gasteiger partial charge in [0.1, 0.15) is 13.2 Å². The van der Waals surface area contributed by atoms with E-state index in [0.29, 0.717) is 52.9 Å². The second kappa shape index (κ2) is 12.7. The number of carbonyl (C=O) groups is 2. The summed E-state index contributed by atoms with van der Waals surface area (Å²) in [5.74, 6) is 1.36. The van der Waals surface area contributed by atoms with Gasteiger partial charge in [-0.15, -0.1) is 0 Å². The van der Waals surface area contributed by atoms with Crippen LogP contribution in [0.3, 0.4) is 0 Å². The Balaban J connectivity index is 2.58. The molecule has 0 aliphatic carbocycles. The van der Waals surface area contributed by atoms with Gasteiger partial charge in [0.2, 0.25) is 0 Å². The maximum atomic E-state index is 12.6. The molecule has 0 amide bonds. The standard InChI is InChI=1S/C27H28O6/c1-6-13-32-24-11-9-19(15-26(24)30-4)23(18-22(29)17-21(28)8-3)20-10-12-25(33-14-7-2)27(16-20)31-5/h6-12,15-16,18H,1-3,13-14,17H2,4-5H3. The number of ether oxygens (including phenoxy) is 4. The fourth-order valence-corrected chi connectivity index (χ4v) is 3.00. The number of hydrogen-bond acceptors (Lipinski definition) is 6. The van der Waals surface area contributed by atoms with Crippen molar-refractivity contribution >= 4 is 17.1 Å². The maximum Gasteiger partial charge on any atom is 0.164 e. The van der Waals surface area contributed by atoms with Crippen molar-refractivity contribution in [3.63, 3.8) is 0 Å². The Hall–Kier alpha value is -4.06. The molecule has 0 aliphatic heterocycles. The van der Waals surface area contributed by atoms with Crippen molar-refractivity contribution in [1.82, 2.24) is 0 Å². The monoisotopic (exact) mass is 448 g/mol. The van der Waals surface area contributed by atoms with Gasteiger partial charge in [0.25, 0.3) is 0 Å². The molecule has 2 aromatic rings. The number of carbonyl (C=O) groups excluding carboxylic acids is 2. The average Bonchev–Trinajstić information content (AvgIpc) is 2.84. The molecule has 0 saturated carbocycles. The minimum atomic E-state index is -0.355. The quantitative estimate of drug-likeness (QED) is 0.231. The second-order valence-corrected chi connectivity index (χ2v) is 6.80. The molecule has 0 heterocycles. The highest BCUT2D eigenvalue weighted by Gasteiger charge is 2.15. The van der Waals surface area contributed by atoms with Gasteiger partial charge in [-0.1, -0.05) is 44.0 Å². The van der Waals surface area contributed by atoms with Crippen LogP contribution in [0.5, 0.6) is 23.0 Å². The molecule has 172 valence electrons. The fourth-order valence-electron chi connectivity index (χ4n) is 3.00. The van der Waals surface area contributed by atoms with Crippen LogP contribution in [0.2, 0.25) is 0 Å². The van der Waals surface area contributed by atoms with E-state index in [1.807, 2.05) is 12.1 Å². The van der Waals surface area contributed by atoms with Gasteiger partial charge in [0.15, 0.2) is 34.6 Å². The molecule has 0 aromatic heterocycles. The largest absolute Gasteiger partial charge is 0.493 e. The van der Waals surface area contributed by atoms with Crippen LogP contribution in [0.1, 0.15) is 17.5 Å². The van der Waals surface area contributed by atoms with E-state index in [-0.39, 0.29) is 18.0 Å². The molecule has 0 aliphatic rings. The number of ketones is 2. The molecule has 0 atom stereocenters. The summed E-state index contributed by atoms with van der Waals surface area (Å²) in [6, 6.07) is 10.7. The van der Waals surface area contributed by atoms with E-state index in [9.17, 15) is 9.59 Å². The first-order valence-electron chi connectivity index (χ1n) is 10.2. The topological polar surface area (TPSA) is 71.1 Å². The van der Waals surface area contributed by atoms with E-state index in [0.717, 1.165) is 6.08 Å². The summed E-state index contributed by atoms with van der Waals surface area (Å²) >= 11 is 0. The molecule has 6 heteroatoms. The zero-order valence-electron chi connectivity index (χ0n) is 19.0. The lowest BCUT2D eigenvalue weighted by Crippen LogP contribution is -2.04. The minimum absolute atomic E-state index is 0.275. The van der Waals surface area contributed by atoms with E-state index in [2.05, 4.69) is 19.7 Å². The molecular formula is C27H28O6. The van der Waals surface area contributed by atoms with Crippen LogP contribution in [0.4, 0.5) is 0 Å². The highest BCUT2D eigenvalue weighted by molar-refractivity contribution is 6.11. The predicted molar refractivity (Wildman–Crippen MR) is 129 cm³/mol. The number of rotatable bonds is 14. The van der Waals surface area contributed by atoms with Crippen molar-refractivity contribution in [2.45, 2.75) is 6.42 Å². The molecule has 0 radical (unpaired) electrons. The van der Waals surface area contributed by atoms with Gasteiger partial charge in [0, 0.05) is 0 Å². The minimum Gasteiger partial charge on any atom is -0.493 e. The third-order valence-electron chi connectivity index (χ3n) is 4.54. The van der Waals surface area contributed by atoms with Crippen LogP contribution in [0.25, 0.3) is 5.57 Å². The van der Waals surface area contributed by atoms with Crippen LogP contribution < -0.4 is 18.9 Å². The third-order valence-corrected chi connectivity index (χ3v) is 4.54. The Morgan fingerprint density at radius 1 is 0.758 bits per heavy atom. The molecule has 33 heavy (non-hydrogen) atoms. The van der Waals surface area contributed by atoms with Gasteiger partial charge in [0.05, 0.1) is 20.6 Å². The Kier molecular flexibility index (Phi) is 9.71. The van der Waals surface area contributed by atoms with Crippen LogP contribution >= 0.6 is 0 Å². The lowest BCUT2D eigenvalue weighted by molar-refractivity contribution is -0.121. The Labute approximate surface area is 194 Å². The van der Waals surface area contributed by atoms with Gasteiger partial charge < -0.3 is 18.9 Å². The van der Waals surface area contributed by atoms with Gasteiger partial charge in [-0.2, -0.15) is 0 Å². The molecule has 0 spiro atoms. The summed E-state index contributed by atoms with van der Waals surface area (Å²) in [4.78, 5) is 24.3. The highest BCUT2D eigenvalue weighted by atomic mass is 16.5. The van der Waals surface area contributed by atoms with E-state index < -0.39 is 0 Å². The van der Waals surface area contributed by atoms with Crippen molar-refractivity contribution in [3.8, 4) is 23.0 Å². The predicted octanol–water partition coefficient (Wildman–Crippen LogP) is 4.98. The second-order valence-electron chi connectivity index (χ2n) is 6.80. The zero-order valence-corrected chi connectivity index (χ0v) is 19.0. The van der Waals surface area contributed by atoms with Crippen LogP contribution in [0, 0.1) is 0 Å². The highest BCUT2D eigenvalue weighted by Crippen LogP contribution is 2.36. The van der Waals surface area contributed by atoms with Crippen LogP contribution in [0.15, 0.2) is 80.4 Å². The van der Waals surface area contributed by atoms with Crippen molar-refractivity contribution in [3.05, 3.63) is 91.6 Å². The van der Waals surface area contributed by atoms with Gasteiger partial charge >= 0.3 is 0 Å². The van der Waals surface area contributed by atoms with Crippen molar-refractivity contribution in [2.75, 3.05) is 27.4 Å². The summed E-state index contributed by atoms with van der Waals surface area (Å²) < 4.78 is 22.2. The number of methoxy groups -OCH3 is 2. The number of allylic oxidation sites excluding steroid dienone is 2. The SMILES string of the molecule is C=CCOc1ccc(C(=CC(=O)CC(=O)C=C)c2ccc(OCC=C)c(OC)c2)cc1OC. The van der Waals surface area contributed by atoms with Crippen molar-refractivity contribution < 1.29 is 28.5 Å². The third kappa shape index (κ3) is 6.97. The lowest BCUT2D eigenvalue weighted by atomic mass is 9.95. The summed E-state index contributed by atoms with van der Waals surface area (Å²) in [5.41, 5.74) is 1.97. The lowest BCUT2D eigenvalue weighted by Gasteiger charge is -2.15. The zero-order chi connectivity index (χ0) is 24.2. The Bertz CT molecular complexity index is 999. The number of benzene rings is 2. The first kappa shape index (κ1) is 25.2. The fraction of sp³-hybridized carbons (Fsp3) is 0.185. The summed E-state index contributed by atoms with van der Waals surface area (Å²) in [6.45, 7) is 11.4. The normalized spacial score (nSPS) is 9.88. The molecular weight excluding hydrogens is 420 g/mol. The molecule has 2 rings (SSSR count). The van der Waals surface area contributed by atoms with E-state index in [1.54, 1.807) is 36.4 Å². The summed E-state index contributed by atoms with van der Waals surface area (Å²) in [6.07, 6.45) is 5.56. The van der Waals surface area contributed by atoms with Crippen LogP contribution in [-0.2, 0) is 9.59 Å². The van der Waals surface area contributed by atoms with Crippen molar-refractivity contribution in [2.24, 2.45) is 0 Å². The smallest absolute Gasteiger partial charge is 0.164 e. The Morgan fingerprint density at radius 3 is 1.64 bits per heavy atom. The number of hydrogen-bond donors (Lipinski definition) is 0. The van der Waals surface area contributed by atoms with Gasteiger partial charge in [-0.25, -0.2) is 0 Å².